The number of nitrogens with zero attached hydrogens (tertiary/aromatic N) is 3. The fraction of sp³-hybridized carbons (Fsp3) is 0.478. The Morgan fingerprint density at radius 3 is 2.65 bits per heavy atom. The lowest BCUT2D eigenvalue weighted by Crippen LogP contribution is -2.38. The smallest absolute Gasteiger partial charge is 0.254 e. The number of thiophene rings is 1. The molecule has 4 rings (SSSR count). The molecule has 166 valence electrons. The van der Waals surface area contributed by atoms with Gasteiger partial charge in [-0.05, 0) is 35.6 Å². The molecule has 0 spiro atoms. The lowest BCUT2D eigenvalue weighted by molar-refractivity contribution is -0.117. The number of thioether (sulfide) groups is 1. The first-order valence-electron chi connectivity index (χ1n) is 10.9. The molecular weight excluding hydrogens is 428 g/mol. The number of anilines is 1. The third-order valence-electron chi connectivity index (χ3n) is 5.73. The van der Waals surface area contributed by atoms with Gasteiger partial charge in [0.05, 0.1) is 12.1 Å². The van der Waals surface area contributed by atoms with E-state index in [2.05, 4.69) is 27.2 Å². The number of rotatable bonds is 6. The molecule has 2 saturated heterocycles. The Kier molecular flexibility index (Phi) is 8.02. The van der Waals surface area contributed by atoms with E-state index < -0.39 is 0 Å². The second kappa shape index (κ2) is 11.1. The predicted octanol–water partition coefficient (Wildman–Crippen LogP) is 3.08. The number of benzene rings is 1. The van der Waals surface area contributed by atoms with Crippen LogP contribution in [0.2, 0.25) is 0 Å². The molecule has 3 heterocycles. The number of amides is 2. The summed E-state index contributed by atoms with van der Waals surface area (Å²) in [7, 11) is 0. The zero-order valence-electron chi connectivity index (χ0n) is 17.8. The highest BCUT2D eigenvalue weighted by molar-refractivity contribution is 7.99. The van der Waals surface area contributed by atoms with Crippen molar-refractivity contribution in [1.29, 1.82) is 0 Å². The van der Waals surface area contributed by atoms with Gasteiger partial charge < -0.3 is 10.2 Å². The number of hydrogen-bond donors (Lipinski definition) is 1. The number of hydrogen-bond acceptors (Lipinski definition) is 6. The van der Waals surface area contributed by atoms with E-state index in [0.29, 0.717) is 13.1 Å². The van der Waals surface area contributed by atoms with E-state index >= 15 is 0 Å². The molecule has 2 aromatic rings. The monoisotopic (exact) mass is 458 g/mol. The maximum absolute atomic E-state index is 12.7. The Labute approximate surface area is 192 Å². The summed E-state index contributed by atoms with van der Waals surface area (Å²) in [6.45, 7) is 6.49. The fourth-order valence-electron chi connectivity index (χ4n) is 4.07. The van der Waals surface area contributed by atoms with Crippen LogP contribution in [0.3, 0.4) is 0 Å². The molecule has 0 atom stereocenters. The minimum Gasteiger partial charge on any atom is -0.337 e. The average molecular weight is 459 g/mol. The third kappa shape index (κ3) is 6.55. The Hall–Kier alpha value is -1.87. The maximum Gasteiger partial charge on any atom is 0.254 e. The molecular formula is C23H30N4O2S2. The zero-order chi connectivity index (χ0) is 21.5. The molecule has 2 fully saturated rings. The molecule has 6 nitrogen and oxygen atoms in total. The normalized spacial score (nSPS) is 18.5. The van der Waals surface area contributed by atoms with Crippen LogP contribution in [0.15, 0.2) is 41.1 Å². The molecule has 2 aliphatic rings. The van der Waals surface area contributed by atoms with Gasteiger partial charge in [0.2, 0.25) is 5.91 Å². The topological polar surface area (TPSA) is 55.9 Å². The Morgan fingerprint density at radius 1 is 0.968 bits per heavy atom. The van der Waals surface area contributed by atoms with Gasteiger partial charge >= 0.3 is 0 Å². The summed E-state index contributed by atoms with van der Waals surface area (Å²) in [5.74, 6) is 2.49. The highest BCUT2D eigenvalue weighted by atomic mass is 32.2. The number of carbonyl (C=O) groups excluding carboxylic acids is 2. The van der Waals surface area contributed by atoms with Crippen LogP contribution in [0.5, 0.6) is 0 Å². The molecule has 0 saturated carbocycles. The lowest BCUT2D eigenvalue weighted by Gasteiger charge is -2.26. The SMILES string of the molecule is O=C(CN1CCCN(C(=O)c2ccsc2)CC1)Nc1cccc(CN2CCSCC2)c1. The van der Waals surface area contributed by atoms with Gasteiger partial charge in [0.25, 0.3) is 5.91 Å². The van der Waals surface area contributed by atoms with Crippen molar-refractivity contribution in [3.8, 4) is 0 Å². The average Bonchev–Trinajstić information content (AvgIpc) is 3.21. The van der Waals surface area contributed by atoms with E-state index in [-0.39, 0.29) is 11.8 Å². The van der Waals surface area contributed by atoms with Gasteiger partial charge in [0.1, 0.15) is 0 Å². The van der Waals surface area contributed by atoms with Crippen LogP contribution in [-0.2, 0) is 11.3 Å². The Bertz CT molecular complexity index is 868. The van der Waals surface area contributed by atoms with Crippen molar-refractivity contribution in [3.63, 3.8) is 0 Å². The molecule has 2 amide bonds. The standard InChI is InChI=1S/C23H30N4O2S2/c28-22(24-21-4-1-3-19(15-21)16-26-10-13-30-14-11-26)17-25-6-2-7-27(9-8-25)23(29)20-5-12-31-18-20/h1,3-5,12,15,18H,2,6-11,13-14,16-17H2,(H,24,28). The van der Waals surface area contributed by atoms with Gasteiger partial charge in [-0.1, -0.05) is 12.1 Å². The van der Waals surface area contributed by atoms with Gasteiger partial charge in [-0.3, -0.25) is 19.4 Å². The predicted molar refractivity (Wildman–Crippen MR) is 129 cm³/mol. The van der Waals surface area contributed by atoms with E-state index in [1.807, 2.05) is 45.6 Å². The minimum atomic E-state index is 0.00383. The zero-order valence-corrected chi connectivity index (χ0v) is 19.4. The van der Waals surface area contributed by atoms with Crippen molar-refractivity contribution in [2.24, 2.45) is 0 Å². The minimum absolute atomic E-state index is 0.00383. The molecule has 31 heavy (non-hydrogen) atoms. The van der Waals surface area contributed by atoms with E-state index in [9.17, 15) is 9.59 Å². The quantitative estimate of drug-likeness (QED) is 0.721. The van der Waals surface area contributed by atoms with Crippen LogP contribution in [0, 0.1) is 0 Å². The van der Waals surface area contributed by atoms with Crippen LogP contribution in [0.25, 0.3) is 0 Å². The molecule has 0 bridgehead atoms. The van der Waals surface area contributed by atoms with Gasteiger partial charge in [0.15, 0.2) is 0 Å². The van der Waals surface area contributed by atoms with Crippen LogP contribution in [0.4, 0.5) is 5.69 Å². The van der Waals surface area contributed by atoms with E-state index in [1.165, 1.54) is 17.1 Å². The highest BCUT2D eigenvalue weighted by Crippen LogP contribution is 2.17. The first-order chi connectivity index (χ1) is 15.2. The summed E-state index contributed by atoms with van der Waals surface area (Å²) in [6, 6.07) is 10.1. The van der Waals surface area contributed by atoms with Crippen molar-refractivity contribution in [1.82, 2.24) is 14.7 Å². The molecule has 1 N–H and O–H groups in total. The summed E-state index contributed by atoms with van der Waals surface area (Å²) < 4.78 is 0. The Morgan fingerprint density at radius 2 is 1.84 bits per heavy atom. The summed E-state index contributed by atoms with van der Waals surface area (Å²) >= 11 is 3.56. The second-order valence-corrected chi connectivity index (χ2v) is 10.1. The molecule has 8 heteroatoms. The Balaban J connectivity index is 1.26. The van der Waals surface area contributed by atoms with Crippen molar-refractivity contribution in [2.45, 2.75) is 13.0 Å². The second-order valence-electron chi connectivity index (χ2n) is 8.07. The van der Waals surface area contributed by atoms with E-state index in [1.54, 1.807) is 11.3 Å². The van der Waals surface area contributed by atoms with Gasteiger partial charge in [-0.2, -0.15) is 23.1 Å². The fourth-order valence-corrected chi connectivity index (χ4v) is 5.68. The van der Waals surface area contributed by atoms with Crippen molar-refractivity contribution in [3.05, 3.63) is 52.2 Å². The summed E-state index contributed by atoms with van der Waals surface area (Å²) in [4.78, 5) is 31.8. The lowest BCUT2D eigenvalue weighted by atomic mass is 10.2. The van der Waals surface area contributed by atoms with Gasteiger partial charge in [0, 0.05) is 68.4 Å². The maximum atomic E-state index is 12.7. The van der Waals surface area contributed by atoms with Gasteiger partial charge in [-0.25, -0.2) is 0 Å². The van der Waals surface area contributed by atoms with Crippen molar-refractivity contribution >= 4 is 40.6 Å². The molecule has 0 unspecified atom stereocenters. The van der Waals surface area contributed by atoms with Crippen LogP contribution >= 0.6 is 23.1 Å². The summed E-state index contributed by atoms with van der Waals surface area (Å²) in [5, 5.41) is 6.89. The molecule has 0 radical (unpaired) electrons. The van der Waals surface area contributed by atoms with E-state index in [4.69, 9.17) is 0 Å². The van der Waals surface area contributed by atoms with Crippen LogP contribution < -0.4 is 5.32 Å². The number of nitrogens with one attached hydrogen (secondary N) is 1. The summed E-state index contributed by atoms with van der Waals surface area (Å²) in [6.07, 6.45) is 0.882. The van der Waals surface area contributed by atoms with Crippen LogP contribution in [0.1, 0.15) is 22.3 Å². The molecule has 2 aliphatic heterocycles. The molecule has 0 aliphatic carbocycles. The van der Waals surface area contributed by atoms with Crippen LogP contribution in [-0.4, -0.2) is 83.8 Å². The molecule has 1 aromatic carbocycles. The van der Waals surface area contributed by atoms with Gasteiger partial charge in [-0.15, -0.1) is 0 Å². The first kappa shape index (κ1) is 22.3. The van der Waals surface area contributed by atoms with Crippen molar-refractivity contribution in [2.75, 3.05) is 62.6 Å². The van der Waals surface area contributed by atoms with Crippen molar-refractivity contribution < 1.29 is 9.59 Å². The molecule has 1 aromatic heterocycles. The van der Waals surface area contributed by atoms with E-state index in [0.717, 1.165) is 56.9 Å². The first-order valence-corrected chi connectivity index (χ1v) is 13.0. The largest absolute Gasteiger partial charge is 0.337 e. The summed E-state index contributed by atoms with van der Waals surface area (Å²) in [5.41, 5.74) is 2.86. The third-order valence-corrected chi connectivity index (χ3v) is 7.36. The number of carbonyl (C=O) groups is 2. The highest BCUT2D eigenvalue weighted by Gasteiger charge is 2.21.